The van der Waals surface area contributed by atoms with Gasteiger partial charge in [0, 0.05) is 36.8 Å². The molecule has 1 aromatic heterocycles. The first-order valence-corrected chi connectivity index (χ1v) is 9.89. The molecule has 3 rings (SSSR count). The summed E-state index contributed by atoms with van der Waals surface area (Å²) in [7, 11) is 0. The Morgan fingerprint density at radius 3 is 2.23 bits per heavy atom. The van der Waals surface area contributed by atoms with Crippen LogP contribution < -0.4 is 5.49 Å². The molecule has 1 saturated heterocycles. The summed E-state index contributed by atoms with van der Waals surface area (Å²) in [6.45, 7) is 4.63. The van der Waals surface area contributed by atoms with Crippen molar-refractivity contribution in [1.82, 2.24) is 9.47 Å². The normalized spacial score (nSPS) is 16.2. The van der Waals surface area contributed by atoms with Gasteiger partial charge in [0.05, 0.1) is 5.56 Å². The third-order valence-electron chi connectivity index (χ3n) is 5.06. The lowest BCUT2D eigenvalue weighted by Crippen LogP contribution is -2.42. The summed E-state index contributed by atoms with van der Waals surface area (Å²) in [6.07, 6.45) is -1.75. The van der Waals surface area contributed by atoms with Crippen LogP contribution in [0.25, 0.3) is 0 Å². The van der Waals surface area contributed by atoms with Crippen molar-refractivity contribution in [2.75, 3.05) is 13.1 Å². The number of piperidine rings is 1. The molecule has 2 heterocycles. The van der Waals surface area contributed by atoms with Crippen LogP contribution in [0.5, 0.6) is 0 Å². The van der Waals surface area contributed by atoms with Crippen LogP contribution in [-0.2, 0) is 6.18 Å². The molecule has 0 bridgehead atoms. The molecule has 0 radical (unpaired) electrons. The standard InChI is InChI=1S/C22H24F3N3O2/c1-15(2)26-19-5-3-4-12-28(19)21(30)17-10-13-27(14-11-17)20(29)16-6-8-18(9-7-16)22(23,24)25/h3-9,12,15,17H,10-11,13-14H2,1-2H3. The number of alkyl halides is 3. The molecule has 8 heteroatoms. The lowest BCUT2D eigenvalue weighted by molar-refractivity contribution is -0.137. The Balaban J connectivity index is 1.66. The number of pyridine rings is 1. The summed E-state index contributed by atoms with van der Waals surface area (Å²) in [5, 5.41) is 0. The molecule has 0 saturated carbocycles. The van der Waals surface area contributed by atoms with Crippen molar-refractivity contribution < 1.29 is 22.8 Å². The van der Waals surface area contributed by atoms with Crippen LogP contribution in [-0.4, -0.2) is 40.4 Å². The second kappa shape index (κ2) is 8.85. The van der Waals surface area contributed by atoms with Gasteiger partial charge in [-0.1, -0.05) is 6.07 Å². The largest absolute Gasteiger partial charge is 0.416 e. The highest BCUT2D eigenvalue weighted by atomic mass is 19.4. The molecule has 0 atom stereocenters. The number of nitrogens with zero attached hydrogens (tertiary/aromatic N) is 3. The summed E-state index contributed by atoms with van der Waals surface area (Å²) in [4.78, 5) is 31.7. The molecule has 0 N–H and O–H groups in total. The first kappa shape index (κ1) is 21.8. The minimum atomic E-state index is -4.43. The smallest absolute Gasteiger partial charge is 0.339 e. The summed E-state index contributed by atoms with van der Waals surface area (Å²) in [5.74, 6) is -0.621. The number of aromatic nitrogens is 1. The van der Waals surface area contributed by atoms with Crippen LogP contribution in [0, 0.1) is 5.92 Å². The van der Waals surface area contributed by atoms with Crippen molar-refractivity contribution in [3.05, 3.63) is 65.3 Å². The Kier molecular flexibility index (Phi) is 6.43. The van der Waals surface area contributed by atoms with E-state index in [1.807, 2.05) is 19.9 Å². The van der Waals surface area contributed by atoms with Gasteiger partial charge in [0.1, 0.15) is 5.49 Å². The van der Waals surface area contributed by atoms with Crippen molar-refractivity contribution in [3.8, 4) is 0 Å². The molecule has 0 spiro atoms. The number of hydrogen-bond donors (Lipinski definition) is 0. The van der Waals surface area contributed by atoms with E-state index in [-0.39, 0.29) is 29.3 Å². The number of likely N-dealkylation sites (tertiary alicyclic amines) is 1. The lowest BCUT2D eigenvalue weighted by atomic mass is 9.95. The van der Waals surface area contributed by atoms with Crippen LogP contribution in [0.4, 0.5) is 13.2 Å². The van der Waals surface area contributed by atoms with Gasteiger partial charge in [0.15, 0.2) is 0 Å². The van der Waals surface area contributed by atoms with E-state index in [0.29, 0.717) is 31.4 Å². The Labute approximate surface area is 172 Å². The van der Waals surface area contributed by atoms with E-state index in [2.05, 4.69) is 4.99 Å². The fourth-order valence-electron chi connectivity index (χ4n) is 3.50. The number of amides is 1. The van der Waals surface area contributed by atoms with E-state index in [0.717, 1.165) is 12.1 Å². The molecule has 1 aliphatic rings. The average Bonchev–Trinajstić information content (AvgIpc) is 2.72. The zero-order chi connectivity index (χ0) is 21.9. The number of carbonyl (C=O) groups is 2. The van der Waals surface area contributed by atoms with Gasteiger partial charge in [0.25, 0.3) is 5.91 Å². The summed E-state index contributed by atoms with van der Waals surface area (Å²) in [5.41, 5.74) is 0.0230. The maximum absolute atomic E-state index is 13.0. The predicted molar refractivity (Wildman–Crippen MR) is 106 cm³/mol. The molecule has 1 aliphatic heterocycles. The highest BCUT2D eigenvalue weighted by molar-refractivity contribution is 5.94. The fourth-order valence-corrected chi connectivity index (χ4v) is 3.50. The molecule has 2 aromatic rings. The van der Waals surface area contributed by atoms with E-state index >= 15 is 0 Å². The zero-order valence-electron chi connectivity index (χ0n) is 16.9. The molecule has 1 fully saturated rings. The van der Waals surface area contributed by atoms with Gasteiger partial charge in [-0.2, -0.15) is 13.2 Å². The minimum absolute atomic E-state index is 0.0506. The van der Waals surface area contributed by atoms with E-state index < -0.39 is 11.7 Å². The monoisotopic (exact) mass is 419 g/mol. The van der Waals surface area contributed by atoms with Gasteiger partial charge in [-0.25, -0.2) is 0 Å². The number of rotatable bonds is 3. The van der Waals surface area contributed by atoms with Crippen molar-refractivity contribution in [2.45, 2.75) is 38.9 Å². The first-order valence-electron chi connectivity index (χ1n) is 9.89. The first-order chi connectivity index (χ1) is 14.2. The Bertz CT molecular complexity index is 970. The van der Waals surface area contributed by atoms with Gasteiger partial charge in [0.2, 0.25) is 5.91 Å². The van der Waals surface area contributed by atoms with Crippen molar-refractivity contribution >= 4 is 11.8 Å². The molecule has 5 nitrogen and oxygen atoms in total. The molecule has 0 unspecified atom stereocenters. The molecular weight excluding hydrogens is 395 g/mol. The van der Waals surface area contributed by atoms with Crippen LogP contribution in [0.15, 0.2) is 53.7 Å². The maximum atomic E-state index is 13.0. The summed E-state index contributed by atoms with van der Waals surface area (Å²) in [6, 6.07) is 9.67. The maximum Gasteiger partial charge on any atom is 0.416 e. The fraction of sp³-hybridized carbons (Fsp3) is 0.409. The number of hydrogen-bond acceptors (Lipinski definition) is 3. The SMILES string of the molecule is CC(C)N=c1ccccn1C(=O)C1CCN(C(=O)c2ccc(C(F)(F)F)cc2)CC1. The highest BCUT2D eigenvalue weighted by Crippen LogP contribution is 2.29. The van der Waals surface area contributed by atoms with E-state index in [1.165, 1.54) is 12.1 Å². The molecule has 1 aromatic carbocycles. The minimum Gasteiger partial charge on any atom is -0.339 e. The van der Waals surface area contributed by atoms with Crippen LogP contribution in [0.2, 0.25) is 0 Å². The number of benzene rings is 1. The van der Waals surface area contributed by atoms with Gasteiger partial charge in [-0.05, 0) is 63.1 Å². The molecule has 0 aliphatic carbocycles. The Morgan fingerprint density at radius 1 is 1.03 bits per heavy atom. The quantitative estimate of drug-likeness (QED) is 0.755. The second-order valence-corrected chi connectivity index (χ2v) is 7.63. The lowest BCUT2D eigenvalue weighted by Gasteiger charge is -2.31. The molecule has 1 amide bonds. The van der Waals surface area contributed by atoms with Gasteiger partial charge >= 0.3 is 6.18 Å². The van der Waals surface area contributed by atoms with Crippen LogP contribution in [0.1, 0.15) is 47.4 Å². The van der Waals surface area contributed by atoms with Crippen molar-refractivity contribution in [2.24, 2.45) is 10.9 Å². The Hall–Kier alpha value is -2.90. The van der Waals surface area contributed by atoms with Crippen LogP contribution in [0.3, 0.4) is 0 Å². The van der Waals surface area contributed by atoms with E-state index in [4.69, 9.17) is 0 Å². The summed E-state index contributed by atoms with van der Waals surface area (Å²) < 4.78 is 39.6. The summed E-state index contributed by atoms with van der Waals surface area (Å²) >= 11 is 0. The van der Waals surface area contributed by atoms with Gasteiger partial charge < -0.3 is 4.90 Å². The highest BCUT2D eigenvalue weighted by Gasteiger charge is 2.31. The number of halogens is 3. The Morgan fingerprint density at radius 2 is 1.67 bits per heavy atom. The zero-order valence-corrected chi connectivity index (χ0v) is 16.9. The van der Waals surface area contributed by atoms with E-state index in [1.54, 1.807) is 27.8 Å². The third kappa shape index (κ3) is 4.98. The molecule has 160 valence electrons. The van der Waals surface area contributed by atoms with Crippen molar-refractivity contribution in [1.29, 1.82) is 0 Å². The van der Waals surface area contributed by atoms with E-state index in [9.17, 15) is 22.8 Å². The van der Waals surface area contributed by atoms with Crippen LogP contribution >= 0.6 is 0 Å². The molecular formula is C22H24F3N3O2. The van der Waals surface area contributed by atoms with Crippen molar-refractivity contribution in [3.63, 3.8) is 0 Å². The second-order valence-electron chi connectivity index (χ2n) is 7.63. The topological polar surface area (TPSA) is 54.7 Å². The van der Waals surface area contributed by atoms with Gasteiger partial charge in [-0.3, -0.25) is 19.1 Å². The number of carbonyl (C=O) groups excluding carboxylic acids is 2. The molecule has 30 heavy (non-hydrogen) atoms. The third-order valence-corrected chi connectivity index (χ3v) is 5.06. The van der Waals surface area contributed by atoms with Gasteiger partial charge in [-0.15, -0.1) is 0 Å². The predicted octanol–water partition coefficient (Wildman–Crippen LogP) is 4.01. The average molecular weight is 419 g/mol.